The lowest BCUT2D eigenvalue weighted by atomic mass is 9.49. The fourth-order valence-corrected chi connectivity index (χ4v) is 8.14. The normalized spacial score (nSPS) is 26.9. The number of phenolic OH excluding ortho intramolecular Hbond substituents is 1. The van der Waals surface area contributed by atoms with E-state index in [-0.39, 0.29) is 42.6 Å². The molecule has 8 heteroatoms. The van der Waals surface area contributed by atoms with E-state index in [0.717, 1.165) is 29.4 Å². The van der Waals surface area contributed by atoms with Crippen molar-refractivity contribution < 1.29 is 34.4 Å². The van der Waals surface area contributed by atoms with E-state index in [1.807, 2.05) is 24.3 Å². The smallest absolute Gasteiger partial charge is 0.315 e. The molecule has 3 unspecified atom stereocenters. The summed E-state index contributed by atoms with van der Waals surface area (Å²) in [6.07, 6.45) is 4.25. The Hall–Kier alpha value is -3.75. The highest BCUT2D eigenvalue weighted by Crippen LogP contribution is 2.60. The summed E-state index contributed by atoms with van der Waals surface area (Å²) < 4.78 is 5.75. The standard InChI is InChI=1S/C34H35NO7/c36-24-11-12-34(41)28-15-23-9-10-27(32(40)31(23)33(34,18-24)13-14-35(28)19-20-7-8-20)42-30(39)17-22-4-2-5-25-21(16-29(37)38)3-1-6-26(22)25/h1-6,9-10,20,28,40-41H,7-8,11-19H2,(H,37,38). The van der Waals surface area contributed by atoms with E-state index < -0.39 is 23.0 Å². The monoisotopic (exact) mass is 569 g/mol. The summed E-state index contributed by atoms with van der Waals surface area (Å²) in [6, 6.07) is 14.2. The fourth-order valence-electron chi connectivity index (χ4n) is 8.14. The maximum atomic E-state index is 13.2. The summed E-state index contributed by atoms with van der Waals surface area (Å²) in [5.41, 5.74) is 0.768. The van der Waals surface area contributed by atoms with Gasteiger partial charge in [0, 0.05) is 36.4 Å². The van der Waals surface area contributed by atoms with Gasteiger partial charge in [0.25, 0.3) is 0 Å². The molecule has 3 fully saturated rings. The number of aliphatic hydroxyl groups is 1. The second kappa shape index (κ2) is 9.92. The van der Waals surface area contributed by atoms with Crippen LogP contribution in [0.5, 0.6) is 11.5 Å². The molecule has 1 aliphatic heterocycles. The van der Waals surface area contributed by atoms with Crippen molar-refractivity contribution in [3.8, 4) is 11.5 Å². The molecule has 3 aromatic rings. The third-order valence-corrected chi connectivity index (χ3v) is 10.2. The van der Waals surface area contributed by atoms with Gasteiger partial charge in [-0.3, -0.25) is 19.3 Å². The Labute approximate surface area is 243 Å². The Morgan fingerprint density at radius 1 is 0.976 bits per heavy atom. The lowest BCUT2D eigenvalue weighted by Gasteiger charge is -2.63. The molecule has 2 bridgehead atoms. The molecule has 2 saturated carbocycles. The second-order valence-corrected chi connectivity index (χ2v) is 12.7. The van der Waals surface area contributed by atoms with Crippen molar-refractivity contribution in [2.75, 3.05) is 13.1 Å². The number of esters is 1. The van der Waals surface area contributed by atoms with Crippen LogP contribution in [-0.2, 0) is 39.1 Å². The highest BCUT2D eigenvalue weighted by Gasteiger charge is 2.65. The van der Waals surface area contributed by atoms with Crippen LogP contribution in [0.3, 0.4) is 0 Å². The summed E-state index contributed by atoms with van der Waals surface area (Å²) in [4.78, 5) is 39.8. The predicted octanol–water partition coefficient (Wildman–Crippen LogP) is 4.08. The van der Waals surface area contributed by atoms with Gasteiger partial charge < -0.3 is 20.1 Å². The van der Waals surface area contributed by atoms with E-state index in [4.69, 9.17) is 4.74 Å². The summed E-state index contributed by atoms with van der Waals surface area (Å²) in [6.45, 7) is 1.71. The number of hydrogen-bond acceptors (Lipinski definition) is 7. The number of carbonyl (C=O) groups is 3. The minimum atomic E-state index is -1.14. The van der Waals surface area contributed by atoms with E-state index in [2.05, 4.69) is 4.90 Å². The van der Waals surface area contributed by atoms with E-state index in [1.54, 1.807) is 24.3 Å². The second-order valence-electron chi connectivity index (χ2n) is 12.7. The number of piperidine rings is 1. The number of ketones is 1. The number of carbonyl (C=O) groups excluding carboxylic acids is 2. The van der Waals surface area contributed by atoms with Gasteiger partial charge in [-0.2, -0.15) is 0 Å². The molecule has 1 saturated heterocycles. The first-order valence-electron chi connectivity index (χ1n) is 14.9. The maximum Gasteiger partial charge on any atom is 0.315 e. The molecule has 0 radical (unpaired) electrons. The van der Waals surface area contributed by atoms with Crippen LogP contribution in [0.25, 0.3) is 10.8 Å². The number of carboxylic acid groups (broad SMARTS) is 1. The Morgan fingerprint density at radius 2 is 1.69 bits per heavy atom. The molecule has 0 spiro atoms. The number of fused-ring (bicyclic) bond motifs is 2. The SMILES string of the molecule is O=C(O)Cc1cccc2c(CC(=O)Oc3ccc4c(c3O)C35CCN(CC6CC6)C(C4)C3(O)CCC(=O)C5)cccc12. The molecule has 0 amide bonds. The first kappa shape index (κ1) is 27.1. The average Bonchev–Trinajstić information content (AvgIpc) is 3.76. The Bertz CT molecular complexity index is 1630. The van der Waals surface area contributed by atoms with E-state index in [1.165, 1.54) is 12.8 Å². The zero-order valence-electron chi connectivity index (χ0n) is 23.5. The molecule has 0 aromatic heterocycles. The van der Waals surface area contributed by atoms with Crippen LogP contribution in [0.2, 0.25) is 0 Å². The quantitative estimate of drug-likeness (QED) is 0.287. The molecule has 3 aromatic carbocycles. The number of rotatable bonds is 7. The third kappa shape index (κ3) is 4.31. The Kier molecular flexibility index (Phi) is 6.40. The number of nitrogens with zero attached hydrogens (tertiary/aromatic N) is 1. The van der Waals surface area contributed by atoms with Gasteiger partial charge in [0.1, 0.15) is 5.78 Å². The summed E-state index contributed by atoms with van der Waals surface area (Å²) in [5.74, 6) is -0.873. The van der Waals surface area contributed by atoms with Crippen molar-refractivity contribution in [2.24, 2.45) is 5.92 Å². The van der Waals surface area contributed by atoms with Gasteiger partial charge >= 0.3 is 11.9 Å². The molecule has 42 heavy (non-hydrogen) atoms. The Morgan fingerprint density at radius 3 is 2.38 bits per heavy atom. The van der Waals surface area contributed by atoms with Crippen molar-refractivity contribution in [1.29, 1.82) is 0 Å². The number of benzene rings is 3. The number of hydrogen-bond donors (Lipinski definition) is 3. The molecule has 7 rings (SSSR count). The van der Waals surface area contributed by atoms with Gasteiger partial charge in [-0.15, -0.1) is 0 Å². The van der Waals surface area contributed by atoms with E-state index in [9.17, 15) is 29.7 Å². The van der Waals surface area contributed by atoms with E-state index in [0.29, 0.717) is 48.3 Å². The molecular formula is C34H35NO7. The number of aliphatic carboxylic acids is 1. The zero-order valence-corrected chi connectivity index (χ0v) is 23.5. The number of likely N-dealkylation sites (tertiary alicyclic amines) is 1. The molecule has 3 aliphatic carbocycles. The Balaban J connectivity index is 1.20. The van der Waals surface area contributed by atoms with Crippen LogP contribution in [0.1, 0.15) is 60.8 Å². The summed E-state index contributed by atoms with van der Waals surface area (Å²) >= 11 is 0. The molecule has 218 valence electrons. The molecule has 1 heterocycles. The fraction of sp³-hybridized carbons (Fsp3) is 0.441. The highest BCUT2D eigenvalue weighted by molar-refractivity contribution is 5.93. The van der Waals surface area contributed by atoms with Crippen molar-refractivity contribution in [2.45, 2.75) is 74.8 Å². The first-order valence-corrected chi connectivity index (χ1v) is 14.9. The summed E-state index contributed by atoms with van der Waals surface area (Å²) in [7, 11) is 0. The first-order chi connectivity index (χ1) is 20.2. The molecular weight excluding hydrogens is 534 g/mol. The predicted molar refractivity (Wildman–Crippen MR) is 155 cm³/mol. The van der Waals surface area contributed by atoms with Crippen LogP contribution < -0.4 is 4.74 Å². The average molecular weight is 570 g/mol. The minimum Gasteiger partial charge on any atom is -0.504 e. The van der Waals surface area contributed by atoms with Crippen molar-refractivity contribution in [3.63, 3.8) is 0 Å². The van der Waals surface area contributed by atoms with Crippen LogP contribution in [0, 0.1) is 5.92 Å². The maximum absolute atomic E-state index is 13.2. The summed E-state index contributed by atoms with van der Waals surface area (Å²) in [5, 5.41) is 34.8. The molecule has 3 atom stereocenters. The largest absolute Gasteiger partial charge is 0.504 e. The van der Waals surface area contributed by atoms with Crippen LogP contribution >= 0.6 is 0 Å². The molecule has 8 nitrogen and oxygen atoms in total. The number of aromatic hydroxyl groups is 1. The van der Waals surface area contributed by atoms with Gasteiger partial charge in [-0.1, -0.05) is 42.5 Å². The van der Waals surface area contributed by atoms with Crippen LogP contribution in [0.15, 0.2) is 48.5 Å². The number of phenols is 1. The topological polar surface area (TPSA) is 124 Å². The van der Waals surface area contributed by atoms with Crippen molar-refractivity contribution >= 4 is 28.5 Å². The molecule has 4 aliphatic rings. The third-order valence-electron chi connectivity index (χ3n) is 10.2. The number of ether oxygens (including phenoxy) is 1. The highest BCUT2D eigenvalue weighted by atomic mass is 16.5. The zero-order chi connectivity index (χ0) is 29.2. The number of carboxylic acids is 1. The number of Topliss-reactive ketones (excluding diaryl/α,β-unsaturated/α-hetero) is 1. The van der Waals surface area contributed by atoms with Gasteiger partial charge in [0.05, 0.1) is 18.4 Å². The van der Waals surface area contributed by atoms with Crippen molar-refractivity contribution in [1.82, 2.24) is 4.90 Å². The van der Waals surface area contributed by atoms with Crippen LogP contribution in [-0.4, -0.2) is 62.7 Å². The van der Waals surface area contributed by atoms with Gasteiger partial charge in [-0.25, -0.2) is 0 Å². The minimum absolute atomic E-state index is 0.0270. The van der Waals surface area contributed by atoms with Gasteiger partial charge in [0.2, 0.25) is 0 Å². The van der Waals surface area contributed by atoms with Crippen LogP contribution in [0.4, 0.5) is 0 Å². The van der Waals surface area contributed by atoms with E-state index >= 15 is 0 Å². The van der Waals surface area contributed by atoms with Crippen molar-refractivity contribution in [3.05, 3.63) is 70.8 Å². The lowest BCUT2D eigenvalue weighted by molar-refractivity contribution is -0.173. The molecule has 3 N–H and O–H groups in total. The van der Waals surface area contributed by atoms with Gasteiger partial charge in [0.15, 0.2) is 11.5 Å². The lowest BCUT2D eigenvalue weighted by Crippen LogP contribution is -2.73. The van der Waals surface area contributed by atoms with Gasteiger partial charge in [-0.05, 0) is 78.1 Å².